The minimum atomic E-state index is -1.02. The quantitative estimate of drug-likeness (QED) is 0.284. The van der Waals surface area contributed by atoms with Crippen molar-refractivity contribution in [2.75, 3.05) is 6.54 Å². The van der Waals surface area contributed by atoms with Gasteiger partial charge in [0, 0.05) is 23.0 Å². The van der Waals surface area contributed by atoms with Crippen LogP contribution in [0.5, 0.6) is 0 Å². The predicted molar refractivity (Wildman–Crippen MR) is 128 cm³/mol. The number of carboxylic acids is 1. The lowest BCUT2D eigenvalue weighted by Crippen LogP contribution is -2.34. The Hall–Kier alpha value is -3.90. The Bertz CT molecular complexity index is 1240. The highest BCUT2D eigenvalue weighted by atomic mass is 35.5. The van der Waals surface area contributed by atoms with Crippen LogP contribution in [0.4, 0.5) is 0 Å². The molecule has 7 heteroatoms. The summed E-state index contributed by atoms with van der Waals surface area (Å²) < 4.78 is 0. The van der Waals surface area contributed by atoms with Gasteiger partial charge in [0.15, 0.2) is 0 Å². The smallest absolute Gasteiger partial charge is 0.304 e. The van der Waals surface area contributed by atoms with Crippen molar-refractivity contribution in [2.45, 2.75) is 18.4 Å². The minimum absolute atomic E-state index is 0.0141. The molecular formula is C27H22ClNO5. The average molecular weight is 476 g/mol. The molecule has 3 aromatic carbocycles. The number of benzene rings is 3. The Morgan fingerprint density at radius 2 is 1.47 bits per heavy atom. The first kappa shape index (κ1) is 23.3. The second-order valence-corrected chi connectivity index (χ2v) is 8.51. The molecule has 0 unspecified atom stereocenters. The van der Waals surface area contributed by atoms with E-state index in [4.69, 9.17) is 11.6 Å². The van der Waals surface area contributed by atoms with Gasteiger partial charge in [-0.25, -0.2) is 0 Å². The molecule has 0 bridgehead atoms. The summed E-state index contributed by atoms with van der Waals surface area (Å²) in [5, 5.41) is 21.1. The number of carbonyl (C=O) groups excluding carboxylic acids is 2. The number of aliphatic carboxylic acids is 1. The number of halogens is 1. The van der Waals surface area contributed by atoms with E-state index in [1.54, 1.807) is 78.9 Å². The number of carboxylic acid groups (broad SMARTS) is 1. The van der Waals surface area contributed by atoms with Crippen LogP contribution in [0, 0.1) is 0 Å². The number of rotatable bonds is 7. The molecule has 1 heterocycles. The Balaban J connectivity index is 1.83. The fraction of sp³-hybridized carbons (Fsp3) is 0.148. The van der Waals surface area contributed by atoms with E-state index in [-0.39, 0.29) is 24.3 Å². The normalized spacial score (nSPS) is 18.1. The van der Waals surface area contributed by atoms with Crippen molar-refractivity contribution in [3.8, 4) is 0 Å². The first-order valence-electron chi connectivity index (χ1n) is 10.7. The van der Waals surface area contributed by atoms with Crippen LogP contribution < -0.4 is 0 Å². The van der Waals surface area contributed by atoms with Crippen molar-refractivity contribution < 1.29 is 24.6 Å². The zero-order valence-corrected chi connectivity index (χ0v) is 18.9. The van der Waals surface area contributed by atoms with Crippen LogP contribution in [0.15, 0.2) is 90.5 Å². The molecule has 0 spiro atoms. The van der Waals surface area contributed by atoms with Crippen molar-refractivity contribution in [1.29, 1.82) is 0 Å². The van der Waals surface area contributed by atoms with E-state index in [9.17, 15) is 24.6 Å². The summed E-state index contributed by atoms with van der Waals surface area (Å²) in [6.45, 7) is -0.0141. The Morgan fingerprint density at radius 1 is 0.882 bits per heavy atom. The van der Waals surface area contributed by atoms with Gasteiger partial charge >= 0.3 is 5.97 Å². The summed E-state index contributed by atoms with van der Waals surface area (Å²) in [5.74, 6) is -3.45. The number of nitrogens with zero attached hydrogens (tertiary/aromatic N) is 1. The number of likely N-dealkylation sites (tertiary alicyclic amines) is 1. The molecule has 0 aliphatic carbocycles. The fourth-order valence-electron chi connectivity index (χ4n) is 4.27. The third-order valence-electron chi connectivity index (χ3n) is 5.88. The SMILES string of the molecule is O=C(O)C[C@@H](CN1C(=O)C(=O)C(=C(O)c2ccccc2)[C@@H]1c1ccc(Cl)cc1)c1ccccc1. The second-order valence-electron chi connectivity index (χ2n) is 8.07. The average Bonchev–Trinajstić information content (AvgIpc) is 3.09. The number of hydrogen-bond acceptors (Lipinski definition) is 4. The zero-order valence-electron chi connectivity index (χ0n) is 18.1. The maximum absolute atomic E-state index is 13.2. The van der Waals surface area contributed by atoms with E-state index in [1.807, 2.05) is 6.07 Å². The molecule has 6 nitrogen and oxygen atoms in total. The highest BCUT2D eigenvalue weighted by Gasteiger charge is 2.46. The molecule has 0 radical (unpaired) electrons. The lowest BCUT2D eigenvalue weighted by molar-refractivity contribution is -0.141. The number of aliphatic hydroxyl groups excluding tert-OH is 1. The van der Waals surface area contributed by atoms with Crippen molar-refractivity contribution in [1.82, 2.24) is 4.90 Å². The third-order valence-corrected chi connectivity index (χ3v) is 6.13. The third kappa shape index (κ3) is 4.72. The molecule has 1 amide bonds. The lowest BCUT2D eigenvalue weighted by atomic mass is 9.92. The molecule has 3 aromatic rings. The van der Waals surface area contributed by atoms with Gasteiger partial charge in [0.25, 0.3) is 11.7 Å². The van der Waals surface area contributed by atoms with Crippen molar-refractivity contribution in [3.63, 3.8) is 0 Å². The molecular weight excluding hydrogens is 454 g/mol. The first-order valence-corrected chi connectivity index (χ1v) is 11.1. The Labute approximate surface area is 201 Å². The van der Waals surface area contributed by atoms with Crippen LogP contribution in [0.3, 0.4) is 0 Å². The topological polar surface area (TPSA) is 94.9 Å². The molecule has 2 atom stereocenters. The number of ketones is 1. The van der Waals surface area contributed by atoms with Gasteiger partial charge in [-0.15, -0.1) is 0 Å². The van der Waals surface area contributed by atoms with E-state index in [0.29, 0.717) is 16.1 Å². The lowest BCUT2D eigenvalue weighted by Gasteiger charge is -2.29. The molecule has 0 aromatic heterocycles. The number of Topliss-reactive ketones (excluding diaryl/α,β-unsaturated/α-hetero) is 1. The molecule has 2 N–H and O–H groups in total. The van der Waals surface area contributed by atoms with Gasteiger partial charge in [-0.1, -0.05) is 84.4 Å². The van der Waals surface area contributed by atoms with E-state index >= 15 is 0 Å². The van der Waals surface area contributed by atoms with E-state index in [1.165, 1.54) is 4.90 Å². The maximum atomic E-state index is 13.2. The van der Waals surface area contributed by atoms with Crippen LogP contribution in [0.25, 0.3) is 5.76 Å². The van der Waals surface area contributed by atoms with Crippen LogP contribution in [0.1, 0.15) is 35.1 Å². The van der Waals surface area contributed by atoms with Gasteiger partial charge in [-0.3, -0.25) is 14.4 Å². The van der Waals surface area contributed by atoms with E-state index < -0.39 is 29.6 Å². The molecule has 4 rings (SSSR count). The van der Waals surface area contributed by atoms with Gasteiger partial charge in [0.2, 0.25) is 0 Å². The molecule has 172 valence electrons. The van der Waals surface area contributed by atoms with E-state index in [0.717, 1.165) is 5.56 Å². The number of amides is 1. The molecule has 1 saturated heterocycles. The standard InChI is InChI=1S/C27H22ClNO5/c28-21-13-11-18(12-14-21)24-23(25(32)19-9-5-2-6-10-19)26(33)27(34)29(24)16-20(15-22(30)31)17-7-3-1-4-8-17/h1-14,20,24,32H,15-16H2,(H,30,31)/t20-,24-/m0/s1. The Kier molecular flexibility index (Phi) is 6.80. The molecule has 1 fully saturated rings. The second kappa shape index (κ2) is 9.93. The van der Waals surface area contributed by atoms with Crippen molar-refractivity contribution >= 4 is 35.0 Å². The van der Waals surface area contributed by atoms with Gasteiger partial charge in [-0.2, -0.15) is 0 Å². The minimum Gasteiger partial charge on any atom is -0.507 e. The predicted octanol–water partition coefficient (Wildman–Crippen LogP) is 5.02. The highest BCUT2D eigenvalue weighted by molar-refractivity contribution is 6.46. The number of hydrogen-bond donors (Lipinski definition) is 2. The van der Waals surface area contributed by atoms with Crippen LogP contribution in [-0.4, -0.2) is 39.3 Å². The van der Waals surface area contributed by atoms with Crippen molar-refractivity contribution in [2.24, 2.45) is 0 Å². The summed E-state index contributed by atoms with van der Waals surface area (Å²) in [4.78, 5) is 39.3. The molecule has 0 saturated carbocycles. The molecule has 1 aliphatic rings. The monoisotopic (exact) mass is 475 g/mol. The van der Waals surface area contributed by atoms with Gasteiger partial charge in [-0.05, 0) is 23.3 Å². The highest BCUT2D eigenvalue weighted by Crippen LogP contribution is 2.41. The summed E-state index contributed by atoms with van der Waals surface area (Å²) in [6.07, 6.45) is -0.223. The van der Waals surface area contributed by atoms with Crippen molar-refractivity contribution in [3.05, 3.63) is 112 Å². The van der Waals surface area contributed by atoms with Crippen LogP contribution >= 0.6 is 11.6 Å². The summed E-state index contributed by atoms with van der Waals surface area (Å²) in [5.41, 5.74) is 1.69. The van der Waals surface area contributed by atoms with Gasteiger partial charge < -0.3 is 15.1 Å². The van der Waals surface area contributed by atoms with Gasteiger partial charge in [0.1, 0.15) is 5.76 Å². The van der Waals surface area contributed by atoms with E-state index in [2.05, 4.69) is 0 Å². The maximum Gasteiger partial charge on any atom is 0.304 e. The molecule has 34 heavy (non-hydrogen) atoms. The van der Waals surface area contributed by atoms with Crippen LogP contribution in [0.2, 0.25) is 5.02 Å². The molecule has 1 aliphatic heterocycles. The summed E-state index contributed by atoms with van der Waals surface area (Å²) in [7, 11) is 0. The summed E-state index contributed by atoms with van der Waals surface area (Å²) >= 11 is 6.05. The Morgan fingerprint density at radius 3 is 2.06 bits per heavy atom. The first-order chi connectivity index (χ1) is 16.4. The number of carbonyl (C=O) groups is 3. The fourth-order valence-corrected chi connectivity index (χ4v) is 4.40. The largest absolute Gasteiger partial charge is 0.507 e. The summed E-state index contributed by atoms with van der Waals surface area (Å²) in [6, 6.07) is 23.3. The van der Waals surface area contributed by atoms with Gasteiger partial charge in [0.05, 0.1) is 18.0 Å². The van der Waals surface area contributed by atoms with Crippen LogP contribution in [-0.2, 0) is 14.4 Å². The zero-order chi connectivity index (χ0) is 24.2. The number of aliphatic hydroxyl groups is 1.